The van der Waals surface area contributed by atoms with Crippen molar-refractivity contribution in [2.24, 2.45) is 0 Å². The van der Waals surface area contributed by atoms with Gasteiger partial charge >= 0.3 is 0 Å². The lowest BCUT2D eigenvalue weighted by Gasteiger charge is -2.24. The van der Waals surface area contributed by atoms with Gasteiger partial charge < -0.3 is 10.0 Å². The van der Waals surface area contributed by atoms with Crippen LogP contribution in [0.5, 0.6) is 0 Å². The summed E-state index contributed by atoms with van der Waals surface area (Å²) in [5, 5.41) is 14.2. The monoisotopic (exact) mass is 335 g/mol. The predicted octanol–water partition coefficient (Wildman–Crippen LogP) is 2.69. The highest BCUT2D eigenvalue weighted by atomic mass is 19.2. The number of carbonyl (C=O) groups excluding carboxylic acids is 1. The summed E-state index contributed by atoms with van der Waals surface area (Å²) in [5.74, 6) is -2.24. The van der Waals surface area contributed by atoms with E-state index in [4.69, 9.17) is 0 Å². The van der Waals surface area contributed by atoms with Gasteiger partial charge in [0, 0.05) is 18.8 Å². The number of aliphatic hydroxyl groups is 1. The van der Waals surface area contributed by atoms with Gasteiger partial charge in [-0.1, -0.05) is 6.07 Å². The number of aliphatic hydroxyl groups excluding tert-OH is 1. The van der Waals surface area contributed by atoms with Gasteiger partial charge in [-0.05, 0) is 44.0 Å². The van der Waals surface area contributed by atoms with Crippen LogP contribution in [-0.4, -0.2) is 38.3 Å². The first-order valence-corrected chi connectivity index (χ1v) is 7.86. The van der Waals surface area contributed by atoms with E-state index in [-0.39, 0.29) is 30.6 Å². The Kier molecular flexibility index (Phi) is 4.36. The summed E-state index contributed by atoms with van der Waals surface area (Å²) < 4.78 is 28.3. The van der Waals surface area contributed by atoms with Gasteiger partial charge in [0.2, 0.25) is 0 Å². The minimum absolute atomic E-state index is 0.123. The first kappa shape index (κ1) is 16.6. The second-order valence-corrected chi connectivity index (χ2v) is 6.31. The topological polar surface area (TPSA) is 58.4 Å². The summed E-state index contributed by atoms with van der Waals surface area (Å²) >= 11 is 0. The number of nitrogens with zero attached hydrogens (tertiary/aromatic N) is 3. The Balaban J connectivity index is 1.89. The van der Waals surface area contributed by atoms with Crippen LogP contribution in [0.2, 0.25) is 0 Å². The molecule has 0 radical (unpaired) electrons. The van der Waals surface area contributed by atoms with Gasteiger partial charge in [-0.25, -0.2) is 8.78 Å². The molecule has 2 heterocycles. The third kappa shape index (κ3) is 3.03. The van der Waals surface area contributed by atoms with E-state index in [1.165, 1.54) is 11.0 Å². The average Bonchev–Trinajstić information content (AvgIpc) is 3.16. The van der Waals surface area contributed by atoms with Crippen molar-refractivity contribution >= 4 is 5.91 Å². The molecule has 128 valence electrons. The highest BCUT2D eigenvalue weighted by molar-refractivity contribution is 5.92. The Morgan fingerprint density at radius 1 is 1.29 bits per heavy atom. The molecule has 2 atom stereocenters. The third-order valence-corrected chi connectivity index (χ3v) is 4.22. The molecule has 0 aliphatic carbocycles. The van der Waals surface area contributed by atoms with E-state index in [1.807, 2.05) is 13.8 Å². The average molecular weight is 335 g/mol. The maximum absolute atomic E-state index is 13.5. The molecular formula is C17H19F2N3O2. The highest BCUT2D eigenvalue weighted by Crippen LogP contribution is 2.33. The van der Waals surface area contributed by atoms with Crippen LogP contribution in [0, 0.1) is 11.6 Å². The molecule has 1 aromatic heterocycles. The summed E-state index contributed by atoms with van der Waals surface area (Å²) in [6.45, 7) is 4.03. The fourth-order valence-electron chi connectivity index (χ4n) is 2.96. The molecule has 1 aromatic carbocycles. The number of halogens is 2. The van der Waals surface area contributed by atoms with Gasteiger partial charge in [-0.3, -0.25) is 9.48 Å². The van der Waals surface area contributed by atoms with Crippen molar-refractivity contribution in [1.82, 2.24) is 14.7 Å². The fourth-order valence-corrected chi connectivity index (χ4v) is 2.96. The second-order valence-electron chi connectivity index (χ2n) is 6.31. The SMILES string of the molecule is CC(C)n1ccc(C(=O)N2C[C@@H](O)C[C@@H]2c2ccc(F)c(F)c2)n1. The van der Waals surface area contributed by atoms with Crippen molar-refractivity contribution in [3.8, 4) is 0 Å². The number of carbonyl (C=O) groups is 1. The summed E-state index contributed by atoms with van der Waals surface area (Å²) in [7, 11) is 0. The summed E-state index contributed by atoms with van der Waals surface area (Å²) in [6, 6.07) is 4.78. The number of amides is 1. The third-order valence-electron chi connectivity index (χ3n) is 4.22. The van der Waals surface area contributed by atoms with Gasteiger partial charge in [-0.2, -0.15) is 5.10 Å². The fraction of sp³-hybridized carbons (Fsp3) is 0.412. The molecule has 1 aliphatic rings. The van der Waals surface area contributed by atoms with Crippen molar-refractivity contribution in [3.05, 3.63) is 53.4 Å². The van der Waals surface area contributed by atoms with E-state index in [0.717, 1.165) is 12.1 Å². The van der Waals surface area contributed by atoms with Crippen molar-refractivity contribution in [3.63, 3.8) is 0 Å². The highest BCUT2D eigenvalue weighted by Gasteiger charge is 2.36. The Morgan fingerprint density at radius 2 is 2.04 bits per heavy atom. The van der Waals surface area contributed by atoms with Crippen LogP contribution < -0.4 is 0 Å². The summed E-state index contributed by atoms with van der Waals surface area (Å²) in [6.07, 6.45) is 1.29. The maximum atomic E-state index is 13.5. The standard InChI is InChI=1S/C17H19F2N3O2/c1-10(2)22-6-5-15(20-22)17(24)21-9-12(23)8-16(21)11-3-4-13(18)14(19)7-11/h3-7,10,12,16,23H,8-9H2,1-2H3/t12-,16+/m0/s1. The molecule has 0 bridgehead atoms. The second kappa shape index (κ2) is 6.32. The van der Waals surface area contributed by atoms with Gasteiger partial charge in [-0.15, -0.1) is 0 Å². The Hall–Kier alpha value is -2.28. The van der Waals surface area contributed by atoms with Gasteiger partial charge in [0.25, 0.3) is 5.91 Å². The predicted molar refractivity (Wildman–Crippen MR) is 83.4 cm³/mol. The van der Waals surface area contributed by atoms with Crippen LogP contribution in [-0.2, 0) is 0 Å². The molecule has 7 heteroatoms. The van der Waals surface area contributed by atoms with Crippen LogP contribution in [0.25, 0.3) is 0 Å². The Labute approximate surface area is 138 Å². The van der Waals surface area contributed by atoms with E-state index in [0.29, 0.717) is 5.56 Å². The number of benzene rings is 1. The molecular weight excluding hydrogens is 316 g/mol. The van der Waals surface area contributed by atoms with Gasteiger partial charge in [0.05, 0.1) is 12.1 Å². The first-order valence-electron chi connectivity index (χ1n) is 7.86. The van der Waals surface area contributed by atoms with Crippen LogP contribution in [0.4, 0.5) is 8.78 Å². The molecule has 2 aromatic rings. The van der Waals surface area contributed by atoms with Crippen LogP contribution in [0.1, 0.15) is 48.4 Å². The van der Waals surface area contributed by atoms with E-state index >= 15 is 0 Å². The first-order chi connectivity index (χ1) is 11.4. The Morgan fingerprint density at radius 3 is 2.67 bits per heavy atom. The van der Waals surface area contributed by atoms with Crippen molar-refractivity contribution in [1.29, 1.82) is 0 Å². The van der Waals surface area contributed by atoms with Gasteiger partial charge in [0.15, 0.2) is 11.6 Å². The molecule has 1 amide bonds. The van der Waals surface area contributed by atoms with E-state index in [9.17, 15) is 18.7 Å². The van der Waals surface area contributed by atoms with Crippen molar-refractivity contribution in [2.45, 2.75) is 38.5 Å². The van der Waals surface area contributed by atoms with E-state index in [1.54, 1.807) is 16.9 Å². The minimum Gasteiger partial charge on any atom is -0.391 e. The number of aromatic nitrogens is 2. The van der Waals surface area contributed by atoms with Crippen LogP contribution >= 0.6 is 0 Å². The molecule has 1 N–H and O–H groups in total. The molecule has 1 fully saturated rings. The van der Waals surface area contributed by atoms with Gasteiger partial charge in [0.1, 0.15) is 5.69 Å². The molecule has 0 saturated carbocycles. The lowest BCUT2D eigenvalue weighted by atomic mass is 10.0. The number of hydrogen-bond donors (Lipinski definition) is 1. The number of β-amino-alcohol motifs (C(OH)–C–C–N with tert-alkyl or cyclic N) is 1. The summed E-state index contributed by atoms with van der Waals surface area (Å²) in [5.41, 5.74) is 0.729. The van der Waals surface area contributed by atoms with Crippen molar-refractivity contribution in [2.75, 3.05) is 6.54 Å². The molecule has 24 heavy (non-hydrogen) atoms. The molecule has 0 spiro atoms. The van der Waals surface area contributed by atoms with E-state index < -0.39 is 23.8 Å². The zero-order valence-corrected chi connectivity index (χ0v) is 13.5. The zero-order chi connectivity index (χ0) is 17.4. The van der Waals surface area contributed by atoms with E-state index in [2.05, 4.69) is 5.10 Å². The number of hydrogen-bond acceptors (Lipinski definition) is 3. The molecule has 3 rings (SSSR count). The van der Waals surface area contributed by atoms with Crippen LogP contribution in [0.3, 0.4) is 0 Å². The largest absolute Gasteiger partial charge is 0.391 e. The molecule has 0 unspecified atom stereocenters. The van der Waals surface area contributed by atoms with Crippen molar-refractivity contribution < 1.29 is 18.7 Å². The molecule has 5 nitrogen and oxygen atoms in total. The minimum atomic E-state index is -0.967. The Bertz CT molecular complexity index is 760. The number of likely N-dealkylation sites (tertiary alicyclic amines) is 1. The number of rotatable bonds is 3. The lowest BCUT2D eigenvalue weighted by Crippen LogP contribution is -2.32. The lowest BCUT2D eigenvalue weighted by molar-refractivity contribution is 0.0708. The maximum Gasteiger partial charge on any atom is 0.274 e. The zero-order valence-electron chi connectivity index (χ0n) is 13.5. The smallest absolute Gasteiger partial charge is 0.274 e. The van der Waals surface area contributed by atoms with Crippen LogP contribution in [0.15, 0.2) is 30.5 Å². The quantitative estimate of drug-likeness (QED) is 0.938. The normalized spacial score (nSPS) is 20.8. The summed E-state index contributed by atoms with van der Waals surface area (Å²) in [4.78, 5) is 14.2. The molecule has 1 aliphatic heterocycles. The molecule has 1 saturated heterocycles.